The Kier molecular flexibility index (Phi) is 6.13. The number of hydrogen-bond donors (Lipinski definition) is 1. The molecule has 0 spiro atoms. The van der Waals surface area contributed by atoms with E-state index in [1.807, 2.05) is 84.9 Å². The summed E-state index contributed by atoms with van der Waals surface area (Å²) in [6.45, 7) is 6.63. The first-order valence-electron chi connectivity index (χ1n) is 9.47. The second-order valence-corrected chi connectivity index (χ2v) is 12.5. The van der Waals surface area contributed by atoms with Crippen LogP contribution in [0.25, 0.3) is 0 Å². The van der Waals surface area contributed by atoms with Crippen LogP contribution >= 0.6 is 0 Å². The van der Waals surface area contributed by atoms with Crippen molar-refractivity contribution in [2.75, 3.05) is 5.32 Å². The van der Waals surface area contributed by atoms with Crippen LogP contribution in [0, 0.1) is 11.5 Å². The van der Waals surface area contributed by atoms with Crippen LogP contribution in [0.1, 0.15) is 22.6 Å². The van der Waals surface area contributed by atoms with Crippen LogP contribution in [-0.2, 0) is 4.79 Å². The molecule has 0 saturated heterocycles. The van der Waals surface area contributed by atoms with Gasteiger partial charge in [0.05, 0.1) is 11.6 Å². The summed E-state index contributed by atoms with van der Waals surface area (Å²) in [7, 11) is -1.50. The summed E-state index contributed by atoms with van der Waals surface area (Å²) in [5, 5.41) is 3.12. The van der Waals surface area contributed by atoms with Crippen LogP contribution in [0.15, 0.2) is 84.9 Å². The van der Waals surface area contributed by atoms with E-state index < -0.39 is 8.07 Å². The van der Waals surface area contributed by atoms with Gasteiger partial charge in [0, 0.05) is 5.56 Å². The first-order chi connectivity index (χ1) is 13.4. The predicted octanol–water partition coefficient (Wildman–Crippen LogP) is 5.69. The predicted molar refractivity (Wildman–Crippen MR) is 120 cm³/mol. The molecule has 28 heavy (non-hydrogen) atoms. The Morgan fingerprint density at radius 2 is 1.29 bits per heavy atom. The first kappa shape index (κ1) is 19.7. The van der Waals surface area contributed by atoms with Gasteiger partial charge in [0.1, 0.15) is 8.07 Å². The highest BCUT2D eigenvalue weighted by Crippen LogP contribution is 2.27. The molecule has 0 radical (unpaired) electrons. The second kappa shape index (κ2) is 8.73. The van der Waals surface area contributed by atoms with E-state index >= 15 is 0 Å². The Bertz CT molecular complexity index is 956. The van der Waals surface area contributed by atoms with Crippen molar-refractivity contribution >= 4 is 19.7 Å². The Labute approximate surface area is 168 Å². The van der Waals surface area contributed by atoms with Gasteiger partial charge in [-0.05, 0) is 23.3 Å². The molecule has 3 rings (SSSR count). The highest BCUT2D eigenvalue weighted by Gasteiger charge is 2.23. The average molecular weight is 384 g/mol. The van der Waals surface area contributed by atoms with Gasteiger partial charge in [0.25, 0.3) is 0 Å². The van der Waals surface area contributed by atoms with Crippen LogP contribution in [0.4, 0.5) is 5.69 Å². The lowest BCUT2D eigenvalue weighted by molar-refractivity contribution is -0.116. The molecular formula is C25H25NOSi. The van der Waals surface area contributed by atoms with E-state index in [1.165, 1.54) is 0 Å². The lowest BCUT2D eigenvalue weighted by atomic mass is 9.90. The van der Waals surface area contributed by atoms with E-state index in [1.54, 1.807) is 0 Å². The van der Waals surface area contributed by atoms with Gasteiger partial charge in [-0.3, -0.25) is 4.79 Å². The van der Waals surface area contributed by atoms with Crippen LogP contribution in [-0.4, -0.2) is 14.0 Å². The standard InChI is InChI=1S/C25H25NOSi/c1-28(2,3)19-18-20-12-10-11-17-23(20)26-25(27)24(21-13-6-4-7-14-21)22-15-8-5-9-16-22/h4-17,24H,1-3H3,(H,26,27). The van der Waals surface area contributed by atoms with Crippen molar-refractivity contribution < 1.29 is 4.79 Å². The molecule has 0 aliphatic heterocycles. The van der Waals surface area contributed by atoms with Crippen molar-refractivity contribution in [2.45, 2.75) is 25.6 Å². The lowest BCUT2D eigenvalue weighted by Gasteiger charge is -2.18. The molecule has 3 aromatic rings. The molecule has 0 heterocycles. The summed E-state index contributed by atoms with van der Waals surface area (Å²) in [4.78, 5) is 13.3. The van der Waals surface area contributed by atoms with Crippen molar-refractivity contribution in [2.24, 2.45) is 0 Å². The maximum atomic E-state index is 13.3. The fraction of sp³-hybridized carbons (Fsp3) is 0.160. The fourth-order valence-corrected chi connectivity index (χ4v) is 3.46. The number of hydrogen-bond acceptors (Lipinski definition) is 1. The largest absolute Gasteiger partial charge is 0.324 e. The normalized spacial score (nSPS) is 10.9. The van der Waals surface area contributed by atoms with E-state index in [0.29, 0.717) is 0 Å². The summed E-state index contributed by atoms with van der Waals surface area (Å²) in [6.07, 6.45) is 0. The fourth-order valence-electron chi connectivity index (χ4n) is 2.95. The van der Waals surface area contributed by atoms with Gasteiger partial charge in [-0.1, -0.05) is 98.4 Å². The van der Waals surface area contributed by atoms with Crippen LogP contribution < -0.4 is 5.32 Å². The molecule has 140 valence electrons. The van der Waals surface area contributed by atoms with Crippen LogP contribution in [0.3, 0.4) is 0 Å². The summed E-state index contributed by atoms with van der Waals surface area (Å²) in [5.74, 6) is 2.84. The molecule has 1 N–H and O–H groups in total. The molecular weight excluding hydrogens is 358 g/mol. The van der Waals surface area contributed by atoms with Gasteiger partial charge < -0.3 is 5.32 Å². The number of amides is 1. The third kappa shape index (κ3) is 5.22. The van der Waals surface area contributed by atoms with E-state index in [9.17, 15) is 4.79 Å². The van der Waals surface area contributed by atoms with Crippen molar-refractivity contribution in [1.29, 1.82) is 0 Å². The van der Waals surface area contributed by atoms with Gasteiger partial charge in [-0.25, -0.2) is 0 Å². The van der Waals surface area contributed by atoms with Crippen LogP contribution in [0.5, 0.6) is 0 Å². The van der Waals surface area contributed by atoms with Gasteiger partial charge in [-0.15, -0.1) is 5.54 Å². The zero-order valence-electron chi connectivity index (χ0n) is 16.6. The smallest absolute Gasteiger partial charge is 0.236 e. The lowest BCUT2D eigenvalue weighted by Crippen LogP contribution is -2.22. The monoisotopic (exact) mass is 383 g/mol. The SMILES string of the molecule is C[Si](C)(C)C#Cc1ccccc1NC(=O)C(c1ccccc1)c1ccccc1. The van der Waals surface area contributed by atoms with E-state index in [-0.39, 0.29) is 11.8 Å². The molecule has 0 aliphatic carbocycles. The molecule has 0 atom stereocenters. The van der Waals surface area contributed by atoms with Gasteiger partial charge in [0.2, 0.25) is 5.91 Å². The van der Waals surface area contributed by atoms with Crippen molar-refractivity contribution in [1.82, 2.24) is 0 Å². The highest BCUT2D eigenvalue weighted by molar-refractivity contribution is 6.83. The third-order valence-electron chi connectivity index (χ3n) is 4.29. The van der Waals surface area contributed by atoms with Crippen LogP contribution in [0.2, 0.25) is 19.6 Å². The number of benzene rings is 3. The number of nitrogens with one attached hydrogen (secondary N) is 1. The topological polar surface area (TPSA) is 29.1 Å². The third-order valence-corrected chi connectivity index (χ3v) is 5.16. The van der Waals surface area contributed by atoms with E-state index in [0.717, 1.165) is 22.4 Å². The summed E-state index contributed by atoms with van der Waals surface area (Å²) in [6, 6.07) is 27.5. The molecule has 0 aliphatic rings. The Hall–Kier alpha value is -3.09. The molecule has 0 aromatic heterocycles. The molecule has 3 heteroatoms. The van der Waals surface area contributed by atoms with Crippen molar-refractivity contribution in [3.8, 4) is 11.5 Å². The molecule has 2 nitrogen and oxygen atoms in total. The minimum Gasteiger partial charge on any atom is -0.324 e. The summed E-state index contributed by atoms with van der Waals surface area (Å²) >= 11 is 0. The average Bonchev–Trinajstić information content (AvgIpc) is 2.68. The second-order valence-electron chi connectivity index (χ2n) is 7.79. The Balaban J connectivity index is 1.95. The maximum absolute atomic E-state index is 13.3. The molecule has 1 amide bonds. The van der Waals surface area contributed by atoms with Gasteiger partial charge in [0.15, 0.2) is 0 Å². The summed E-state index contributed by atoms with van der Waals surface area (Å²) in [5.41, 5.74) is 6.94. The molecule has 3 aromatic carbocycles. The Morgan fingerprint density at radius 1 is 0.786 bits per heavy atom. The number of anilines is 1. The number of rotatable bonds is 4. The first-order valence-corrected chi connectivity index (χ1v) is 13.0. The van der Waals surface area contributed by atoms with E-state index in [4.69, 9.17) is 0 Å². The number of carbonyl (C=O) groups is 1. The quantitative estimate of drug-likeness (QED) is 0.455. The molecule has 0 bridgehead atoms. The minimum absolute atomic E-state index is 0.0559. The minimum atomic E-state index is -1.50. The van der Waals surface area contributed by atoms with Crippen molar-refractivity contribution in [3.05, 3.63) is 102 Å². The molecule has 0 saturated carbocycles. The van der Waals surface area contributed by atoms with E-state index in [2.05, 4.69) is 36.4 Å². The van der Waals surface area contributed by atoms with Gasteiger partial charge in [-0.2, -0.15) is 0 Å². The van der Waals surface area contributed by atoms with Gasteiger partial charge >= 0.3 is 0 Å². The molecule has 0 fully saturated rings. The maximum Gasteiger partial charge on any atom is 0.236 e. The number of carbonyl (C=O) groups excluding carboxylic acids is 1. The zero-order chi connectivity index (χ0) is 20.0. The molecule has 0 unspecified atom stereocenters. The highest BCUT2D eigenvalue weighted by atomic mass is 28.3. The zero-order valence-corrected chi connectivity index (χ0v) is 17.6. The number of para-hydroxylation sites is 1. The van der Waals surface area contributed by atoms with Crippen molar-refractivity contribution in [3.63, 3.8) is 0 Å². The Morgan fingerprint density at radius 3 is 1.82 bits per heavy atom. The summed E-state index contributed by atoms with van der Waals surface area (Å²) < 4.78 is 0.